The first kappa shape index (κ1) is 12.5. The van der Waals surface area contributed by atoms with E-state index in [0.717, 1.165) is 19.4 Å². The zero-order valence-corrected chi connectivity index (χ0v) is 9.85. The summed E-state index contributed by atoms with van der Waals surface area (Å²) in [4.78, 5) is 11.0. The van der Waals surface area contributed by atoms with Gasteiger partial charge in [0.05, 0.1) is 12.8 Å². The number of aromatic nitrogens is 2. The van der Waals surface area contributed by atoms with E-state index in [1.54, 1.807) is 6.92 Å². The number of allylic oxidation sites excluding steroid dienone is 1. The first-order valence-electron chi connectivity index (χ1n) is 5.60. The third-order valence-electron chi connectivity index (χ3n) is 2.15. The van der Waals surface area contributed by atoms with Gasteiger partial charge in [-0.3, -0.25) is 4.68 Å². The molecule has 0 radical (unpaired) electrons. The minimum absolute atomic E-state index is 0.272. The Labute approximate surface area is 95.9 Å². The molecule has 0 atom stereocenters. The molecule has 0 fully saturated rings. The highest BCUT2D eigenvalue weighted by Gasteiger charge is 1.96. The van der Waals surface area contributed by atoms with Gasteiger partial charge in [-0.2, -0.15) is 5.10 Å². The van der Waals surface area contributed by atoms with E-state index in [-0.39, 0.29) is 5.97 Å². The SMILES string of the molecule is CCOC(=O)C=CCCc1cnn(CC)c1. The minimum Gasteiger partial charge on any atom is -0.463 e. The summed E-state index contributed by atoms with van der Waals surface area (Å²) in [5.41, 5.74) is 1.19. The fourth-order valence-electron chi connectivity index (χ4n) is 1.33. The normalized spacial score (nSPS) is 10.9. The number of ether oxygens (including phenoxy) is 1. The molecule has 0 aliphatic heterocycles. The topological polar surface area (TPSA) is 44.1 Å². The Kier molecular flexibility index (Phi) is 5.32. The van der Waals surface area contributed by atoms with Crippen molar-refractivity contribution in [2.45, 2.75) is 33.2 Å². The third-order valence-corrected chi connectivity index (χ3v) is 2.15. The van der Waals surface area contributed by atoms with Crippen molar-refractivity contribution < 1.29 is 9.53 Å². The van der Waals surface area contributed by atoms with E-state index in [4.69, 9.17) is 4.74 Å². The molecule has 1 rings (SSSR count). The Morgan fingerprint density at radius 1 is 1.56 bits per heavy atom. The van der Waals surface area contributed by atoms with Crippen LogP contribution >= 0.6 is 0 Å². The highest BCUT2D eigenvalue weighted by molar-refractivity contribution is 5.81. The summed E-state index contributed by atoms with van der Waals surface area (Å²) in [6.07, 6.45) is 8.93. The molecule has 0 N–H and O–H groups in total. The van der Waals surface area contributed by atoms with Crippen LogP contribution in [0.3, 0.4) is 0 Å². The number of esters is 1. The van der Waals surface area contributed by atoms with E-state index in [1.165, 1.54) is 11.6 Å². The standard InChI is InChI=1S/C12H18N2O2/c1-3-14-10-11(9-13-14)7-5-6-8-12(15)16-4-2/h6,8-10H,3-5,7H2,1-2H3. The number of hydrogen-bond acceptors (Lipinski definition) is 3. The highest BCUT2D eigenvalue weighted by Crippen LogP contribution is 2.02. The Bertz CT molecular complexity index is 356. The van der Waals surface area contributed by atoms with Crippen molar-refractivity contribution >= 4 is 5.97 Å². The summed E-state index contributed by atoms with van der Waals surface area (Å²) in [5, 5.41) is 4.18. The zero-order chi connectivity index (χ0) is 11.8. The Morgan fingerprint density at radius 2 is 2.38 bits per heavy atom. The molecular formula is C12H18N2O2. The summed E-state index contributed by atoms with van der Waals surface area (Å²) in [6.45, 7) is 5.16. The Morgan fingerprint density at radius 3 is 3.00 bits per heavy atom. The van der Waals surface area contributed by atoms with E-state index < -0.39 is 0 Å². The predicted molar refractivity (Wildman–Crippen MR) is 62.0 cm³/mol. The first-order chi connectivity index (χ1) is 7.76. The average Bonchev–Trinajstić information content (AvgIpc) is 2.73. The predicted octanol–water partition coefficient (Wildman–Crippen LogP) is 1.95. The maximum Gasteiger partial charge on any atom is 0.330 e. The summed E-state index contributed by atoms with van der Waals surface area (Å²) < 4.78 is 6.67. The summed E-state index contributed by atoms with van der Waals surface area (Å²) in [6, 6.07) is 0. The van der Waals surface area contributed by atoms with Crippen LogP contribution in [0.2, 0.25) is 0 Å². The monoisotopic (exact) mass is 222 g/mol. The molecule has 0 spiro atoms. The molecule has 0 amide bonds. The van der Waals surface area contributed by atoms with Crippen LogP contribution in [0.25, 0.3) is 0 Å². The van der Waals surface area contributed by atoms with Crippen molar-refractivity contribution in [2.24, 2.45) is 0 Å². The van der Waals surface area contributed by atoms with Crippen LogP contribution in [-0.2, 0) is 22.5 Å². The number of hydrogen-bond donors (Lipinski definition) is 0. The van der Waals surface area contributed by atoms with Gasteiger partial charge in [0, 0.05) is 18.8 Å². The van der Waals surface area contributed by atoms with Crippen LogP contribution in [0.4, 0.5) is 0 Å². The van der Waals surface area contributed by atoms with Crippen LogP contribution in [0, 0.1) is 0 Å². The van der Waals surface area contributed by atoms with Crippen LogP contribution in [0.15, 0.2) is 24.5 Å². The molecule has 0 aliphatic rings. The summed E-state index contributed by atoms with van der Waals surface area (Å²) >= 11 is 0. The molecule has 0 saturated carbocycles. The minimum atomic E-state index is -0.272. The van der Waals surface area contributed by atoms with E-state index in [1.807, 2.05) is 23.2 Å². The molecule has 1 aromatic heterocycles. The van der Waals surface area contributed by atoms with Crippen LogP contribution in [0.5, 0.6) is 0 Å². The van der Waals surface area contributed by atoms with Crippen LogP contribution in [0.1, 0.15) is 25.8 Å². The van der Waals surface area contributed by atoms with E-state index >= 15 is 0 Å². The smallest absolute Gasteiger partial charge is 0.330 e. The zero-order valence-electron chi connectivity index (χ0n) is 9.85. The van der Waals surface area contributed by atoms with Crippen LogP contribution in [-0.4, -0.2) is 22.4 Å². The molecule has 0 aliphatic carbocycles. The number of carbonyl (C=O) groups excluding carboxylic acids is 1. The van der Waals surface area contributed by atoms with E-state index in [9.17, 15) is 4.79 Å². The lowest BCUT2D eigenvalue weighted by molar-refractivity contribution is -0.137. The first-order valence-corrected chi connectivity index (χ1v) is 5.60. The van der Waals surface area contributed by atoms with Crippen molar-refractivity contribution in [3.8, 4) is 0 Å². The van der Waals surface area contributed by atoms with Gasteiger partial charge in [-0.05, 0) is 32.3 Å². The van der Waals surface area contributed by atoms with Crippen LogP contribution < -0.4 is 0 Å². The van der Waals surface area contributed by atoms with Crippen molar-refractivity contribution in [1.82, 2.24) is 9.78 Å². The second kappa shape index (κ2) is 6.82. The van der Waals surface area contributed by atoms with Gasteiger partial charge in [0.25, 0.3) is 0 Å². The molecule has 4 nitrogen and oxygen atoms in total. The number of aryl methyl sites for hydroxylation is 2. The van der Waals surface area contributed by atoms with Gasteiger partial charge < -0.3 is 4.74 Å². The van der Waals surface area contributed by atoms with E-state index in [0.29, 0.717) is 6.61 Å². The summed E-state index contributed by atoms with van der Waals surface area (Å²) in [5.74, 6) is -0.272. The lowest BCUT2D eigenvalue weighted by Crippen LogP contribution is -1.98. The fraction of sp³-hybridized carbons (Fsp3) is 0.500. The van der Waals surface area contributed by atoms with E-state index in [2.05, 4.69) is 12.0 Å². The number of rotatable bonds is 6. The van der Waals surface area contributed by atoms with Gasteiger partial charge in [0.2, 0.25) is 0 Å². The molecular weight excluding hydrogens is 204 g/mol. The number of nitrogens with zero attached hydrogens (tertiary/aromatic N) is 2. The third kappa shape index (κ3) is 4.29. The lowest BCUT2D eigenvalue weighted by atomic mass is 10.2. The molecule has 1 heterocycles. The molecule has 0 bridgehead atoms. The quantitative estimate of drug-likeness (QED) is 0.546. The van der Waals surface area contributed by atoms with Gasteiger partial charge in [0.1, 0.15) is 0 Å². The van der Waals surface area contributed by atoms with Gasteiger partial charge in [0.15, 0.2) is 0 Å². The fourth-order valence-corrected chi connectivity index (χ4v) is 1.33. The molecule has 0 unspecified atom stereocenters. The Hall–Kier alpha value is -1.58. The maximum absolute atomic E-state index is 11.0. The van der Waals surface area contributed by atoms with Crippen molar-refractivity contribution in [3.63, 3.8) is 0 Å². The molecule has 0 aromatic carbocycles. The largest absolute Gasteiger partial charge is 0.463 e. The molecule has 0 saturated heterocycles. The van der Waals surface area contributed by atoms with Gasteiger partial charge in [-0.1, -0.05) is 6.08 Å². The second-order valence-corrected chi connectivity index (χ2v) is 3.40. The average molecular weight is 222 g/mol. The lowest BCUT2D eigenvalue weighted by Gasteiger charge is -1.94. The Balaban J connectivity index is 2.27. The van der Waals surface area contributed by atoms with Crippen molar-refractivity contribution in [2.75, 3.05) is 6.61 Å². The molecule has 88 valence electrons. The van der Waals surface area contributed by atoms with Gasteiger partial charge in [-0.15, -0.1) is 0 Å². The number of carbonyl (C=O) groups is 1. The maximum atomic E-state index is 11.0. The molecule has 16 heavy (non-hydrogen) atoms. The van der Waals surface area contributed by atoms with Gasteiger partial charge >= 0.3 is 5.97 Å². The highest BCUT2D eigenvalue weighted by atomic mass is 16.5. The molecule has 4 heteroatoms. The van der Waals surface area contributed by atoms with Crippen molar-refractivity contribution in [1.29, 1.82) is 0 Å². The van der Waals surface area contributed by atoms with Gasteiger partial charge in [-0.25, -0.2) is 4.79 Å². The molecule has 1 aromatic rings. The second-order valence-electron chi connectivity index (χ2n) is 3.40. The van der Waals surface area contributed by atoms with Crippen molar-refractivity contribution in [3.05, 3.63) is 30.1 Å². The summed E-state index contributed by atoms with van der Waals surface area (Å²) in [7, 11) is 0.